The van der Waals surface area contributed by atoms with Crippen LogP contribution in [-0.4, -0.2) is 8.07 Å². The van der Waals surface area contributed by atoms with Crippen LogP contribution in [0.4, 0.5) is 0 Å². The minimum absolute atomic E-state index is 0. The van der Waals surface area contributed by atoms with E-state index in [1.807, 2.05) is 0 Å². The number of hydrogen-bond donors (Lipinski definition) is 0. The van der Waals surface area contributed by atoms with Gasteiger partial charge in [0.2, 0.25) is 0 Å². The first kappa shape index (κ1) is 25.2. The molecule has 145 valence electrons. The molecule has 0 aromatic heterocycles. The van der Waals surface area contributed by atoms with Gasteiger partial charge < -0.3 is 0 Å². The molecule has 0 amide bonds. The van der Waals surface area contributed by atoms with Gasteiger partial charge >= 0.3 is 163 Å². The largest absolute Gasteiger partial charge is 0.147 e. The van der Waals surface area contributed by atoms with Crippen molar-refractivity contribution in [3.05, 3.63) is 102 Å². The maximum Gasteiger partial charge on any atom is -0.147 e. The Morgan fingerprint density at radius 2 is 1.11 bits per heavy atom. The van der Waals surface area contributed by atoms with E-state index in [1.54, 1.807) is 0 Å². The topological polar surface area (TPSA) is 0 Å². The van der Waals surface area contributed by atoms with Gasteiger partial charge in [0, 0.05) is 0 Å². The molecule has 0 radical (unpaired) electrons. The van der Waals surface area contributed by atoms with Crippen molar-refractivity contribution in [2.24, 2.45) is 0 Å². The van der Waals surface area contributed by atoms with E-state index in [9.17, 15) is 0 Å². The van der Waals surface area contributed by atoms with Gasteiger partial charge in [0.15, 0.2) is 0 Å². The third kappa shape index (κ3) is 3.70. The van der Waals surface area contributed by atoms with E-state index in [-0.39, 0.29) is 40.6 Å². The Labute approximate surface area is 199 Å². The number of halogens is 3. The van der Waals surface area contributed by atoms with Gasteiger partial charge in [-0.15, -0.1) is 37.2 Å². The first-order valence-corrected chi connectivity index (χ1v) is 12.0. The third-order valence-corrected chi connectivity index (χ3v) is 14.3. The van der Waals surface area contributed by atoms with E-state index < -0.39 is 8.07 Å². The molecule has 0 aliphatic heterocycles. The van der Waals surface area contributed by atoms with Crippen LogP contribution in [0.3, 0.4) is 0 Å². The fourth-order valence-electron chi connectivity index (χ4n) is 4.32. The molecule has 0 spiro atoms. The Kier molecular flexibility index (Phi) is 8.84. The minimum atomic E-state index is -2.08. The van der Waals surface area contributed by atoms with Crippen molar-refractivity contribution in [3.63, 3.8) is 0 Å². The molecule has 1 unspecified atom stereocenters. The Morgan fingerprint density at radius 1 is 0.679 bits per heavy atom. The number of fused-ring (bicyclic) bond motifs is 1. The zero-order valence-electron chi connectivity index (χ0n) is 15.9. The van der Waals surface area contributed by atoms with Gasteiger partial charge in [0.25, 0.3) is 0 Å². The second-order valence-electron chi connectivity index (χ2n) is 7.02. The number of rotatable bonds is 3. The number of allylic oxidation sites excluding steroid dienone is 1. The maximum atomic E-state index is 2.54. The summed E-state index contributed by atoms with van der Waals surface area (Å²) in [6.07, 6.45) is 2.40. The van der Waals surface area contributed by atoms with Crippen molar-refractivity contribution >= 4 is 61.7 Å². The normalized spacial score (nSPS) is 17.2. The van der Waals surface area contributed by atoms with Gasteiger partial charge in [0.05, 0.1) is 0 Å². The van der Waals surface area contributed by atoms with E-state index in [0.29, 0.717) is 0 Å². The second-order valence-corrected chi connectivity index (χ2v) is 13.1. The van der Waals surface area contributed by atoms with E-state index in [2.05, 4.69) is 125 Å². The summed E-state index contributed by atoms with van der Waals surface area (Å²) in [4.78, 5) is 0. The standard InChI is InChI=1S/C23H21Si.3ClH.Ti/c1-18-17-19-11-9-10-16-22(19)23(18)24(2,20-12-5-3-6-13-20)21-14-7-4-8-15-21;;;;/h3-17H,1-2H3;3*1H;. The molecule has 4 rings (SSSR count). The Morgan fingerprint density at radius 3 is 1.61 bits per heavy atom. The predicted octanol–water partition coefficient (Wildman–Crippen LogP) is 5.54. The molecular formula is C23H24Cl3SiTi. The van der Waals surface area contributed by atoms with Crippen LogP contribution in [0.2, 0.25) is 6.55 Å². The Bertz CT molecular complexity index is 905. The van der Waals surface area contributed by atoms with E-state index >= 15 is 0 Å². The van der Waals surface area contributed by atoms with Crippen LogP contribution in [0.15, 0.2) is 90.5 Å². The maximum absolute atomic E-state index is 2.54. The van der Waals surface area contributed by atoms with Crippen molar-refractivity contribution < 1.29 is 20.4 Å². The van der Waals surface area contributed by atoms with Crippen molar-refractivity contribution in [1.82, 2.24) is 0 Å². The van der Waals surface area contributed by atoms with Crippen molar-refractivity contribution in [3.8, 4) is 0 Å². The number of hydrogen-bond acceptors (Lipinski definition) is 0. The molecule has 3 aromatic carbocycles. The first-order valence-electron chi connectivity index (χ1n) is 8.73. The quantitative estimate of drug-likeness (QED) is 0.430. The fourth-order valence-corrected chi connectivity index (χ4v) is 10.7. The van der Waals surface area contributed by atoms with Gasteiger partial charge in [-0.05, 0) is 0 Å². The van der Waals surface area contributed by atoms with Crippen molar-refractivity contribution in [2.75, 3.05) is 0 Å². The van der Waals surface area contributed by atoms with Crippen molar-refractivity contribution in [1.29, 1.82) is 0 Å². The molecule has 5 heteroatoms. The zero-order chi connectivity index (χ0) is 17.5. The summed E-state index contributed by atoms with van der Waals surface area (Å²) in [7, 11) is -2.08. The van der Waals surface area contributed by atoms with E-state index in [4.69, 9.17) is 0 Å². The molecule has 1 aliphatic carbocycles. The van der Waals surface area contributed by atoms with Gasteiger partial charge in [-0.25, -0.2) is 0 Å². The van der Waals surface area contributed by atoms with Gasteiger partial charge in [-0.3, -0.25) is 0 Å². The molecule has 0 N–H and O–H groups in total. The van der Waals surface area contributed by atoms with Crippen LogP contribution >= 0.6 is 37.2 Å². The molecule has 3 aromatic rings. The summed E-state index contributed by atoms with van der Waals surface area (Å²) in [5.41, 5.74) is 4.35. The minimum Gasteiger partial charge on any atom is -0.147 e. The molecule has 1 aliphatic rings. The SMILES string of the molecule is CC1=Cc2ccccc2[C]1([Ti])[Si](C)(c1ccccc1)c1ccccc1.Cl.Cl.Cl. The summed E-state index contributed by atoms with van der Waals surface area (Å²) in [5.74, 6) is 0. The molecule has 0 nitrogen and oxygen atoms in total. The van der Waals surface area contributed by atoms with E-state index in [0.717, 1.165) is 0 Å². The first-order chi connectivity index (χ1) is 12.1. The van der Waals surface area contributed by atoms with E-state index in [1.165, 1.54) is 27.1 Å². The summed E-state index contributed by atoms with van der Waals surface area (Å²) in [6.45, 7) is 4.86. The van der Waals surface area contributed by atoms with Crippen LogP contribution in [0.25, 0.3) is 6.08 Å². The van der Waals surface area contributed by atoms with Gasteiger partial charge in [0.1, 0.15) is 0 Å². The summed E-state index contributed by atoms with van der Waals surface area (Å²) < 4.78 is 0.0479. The van der Waals surface area contributed by atoms with Crippen LogP contribution in [-0.2, 0) is 23.8 Å². The molecule has 0 bridgehead atoms. The Balaban J connectivity index is 0.00000131. The fraction of sp³-hybridized carbons (Fsp3) is 0.130. The molecule has 0 saturated carbocycles. The van der Waals surface area contributed by atoms with Crippen LogP contribution in [0.1, 0.15) is 18.1 Å². The molecule has 28 heavy (non-hydrogen) atoms. The summed E-state index contributed by atoms with van der Waals surface area (Å²) >= 11 is 2.47. The number of benzene rings is 3. The molecular weight excluding hydrogens is 459 g/mol. The Hall–Kier alpha value is -0.799. The molecule has 0 fully saturated rings. The smallest absolute Gasteiger partial charge is 0.147 e. The van der Waals surface area contributed by atoms with Gasteiger partial charge in [-0.1, -0.05) is 0 Å². The monoisotopic (exact) mass is 481 g/mol. The molecule has 1 atom stereocenters. The average Bonchev–Trinajstić information content (AvgIpc) is 2.94. The van der Waals surface area contributed by atoms with Crippen LogP contribution in [0.5, 0.6) is 0 Å². The summed E-state index contributed by atoms with van der Waals surface area (Å²) in [6, 6.07) is 31.3. The zero-order valence-corrected chi connectivity index (χ0v) is 20.9. The van der Waals surface area contributed by atoms with Crippen molar-refractivity contribution in [2.45, 2.75) is 16.8 Å². The van der Waals surface area contributed by atoms with Crippen LogP contribution in [0, 0.1) is 0 Å². The van der Waals surface area contributed by atoms with Crippen LogP contribution < -0.4 is 10.4 Å². The summed E-state index contributed by atoms with van der Waals surface area (Å²) in [5, 5.41) is 2.99. The predicted molar refractivity (Wildman–Crippen MR) is 127 cm³/mol. The molecule has 0 saturated heterocycles. The molecule has 0 heterocycles. The second kappa shape index (κ2) is 9.80. The third-order valence-electron chi connectivity index (χ3n) is 5.78. The average molecular weight is 483 g/mol. The van der Waals surface area contributed by atoms with Gasteiger partial charge in [-0.2, -0.15) is 0 Å².